The molecule has 0 spiro atoms. The molecule has 0 N–H and O–H groups in total. The quantitative estimate of drug-likeness (QED) is 0.313. The molecular formula is C19H41NSn. The summed E-state index contributed by atoms with van der Waals surface area (Å²) in [6.45, 7) is 16.5. The number of nitrogens with zero attached hydrogens (tertiary/aromatic N) is 1. The summed E-state index contributed by atoms with van der Waals surface area (Å²) in [4.78, 5) is 2.71. The Balaban J connectivity index is 5.42. The van der Waals surface area contributed by atoms with Gasteiger partial charge in [-0.2, -0.15) is 0 Å². The van der Waals surface area contributed by atoms with Crippen molar-refractivity contribution in [1.29, 1.82) is 0 Å². The van der Waals surface area contributed by atoms with E-state index in [1.54, 1.807) is 13.3 Å². The van der Waals surface area contributed by atoms with Crippen molar-refractivity contribution < 1.29 is 0 Å². The fraction of sp³-hybridized carbons (Fsp3) is 0.895. The van der Waals surface area contributed by atoms with Gasteiger partial charge in [0.15, 0.2) is 0 Å². The molecule has 21 heavy (non-hydrogen) atoms. The van der Waals surface area contributed by atoms with Crippen molar-refractivity contribution in [2.45, 2.75) is 93.4 Å². The van der Waals surface area contributed by atoms with Crippen LogP contribution in [0.15, 0.2) is 9.79 Å². The van der Waals surface area contributed by atoms with E-state index in [0.717, 1.165) is 0 Å². The molecule has 0 aromatic heterocycles. The average molecular weight is 402 g/mol. The zero-order valence-electron chi connectivity index (χ0n) is 15.8. The Kier molecular flexibility index (Phi) is 13.0. The van der Waals surface area contributed by atoms with Crippen LogP contribution in [-0.2, 0) is 0 Å². The third-order valence-corrected chi connectivity index (χ3v) is 21.0. The molecule has 0 unspecified atom stereocenters. The van der Waals surface area contributed by atoms with E-state index < -0.39 is 18.4 Å². The van der Waals surface area contributed by atoms with E-state index >= 15 is 0 Å². The molecule has 0 amide bonds. The molecule has 0 aromatic rings. The van der Waals surface area contributed by atoms with Crippen molar-refractivity contribution in [2.24, 2.45) is 0 Å². The minimum absolute atomic E-state index is 1.19. The van der Waals surface area contributed by atoms with E-state index in [2.05, 4.69) is 52.5 Å². The van der Waals surface area contributed by atoms with Gasteiger partial charge in [-0.05, 0) is 0 Å². The van der Waals surface area contributed by atoms with Crippen molar-refractivity contribution in [3.8, 4) is 0 Å². The molecule has 1 nitrogen and oxygen atoms in total. The third-order valence-electron chi connectivity index (χ3n) is 4.95. The van der Waals surface area contributed by atoms with Crippen LogP contribution in [0.2, 0.25) is 13.3 Å². The predicted molar refractivity (Wildman–Crippen MR) is 102 cm³/mol. The first-order valence-electron chi connectivity index (χ1n) is 9.57. The van der Waals surface area contributed by atoms with Crippen LogP contribution in [0, 0.1) is 0 Å². The second-order valence-electron chi connectivity index (χ2n) is 6.44. The van der Waals surface area contributed by atoms with Crippen LogP contribution in [0.5, 0.6) is 0 Å². The second-order valence-corrected chi connectivity index (χ2v) is 19.5. The Labute approximate surface area is 139 Å². The zero-order valence-corrected chi connectivity index (χ0v) is 18.7. The summed E-state index contributed by atoms with van der Waals surface area (Å²) in [7, 11) is 0. The van der Waals surface area contributed by atoms with Gasteiger partial charge >= 0.3 is 140 Å². The van der Waals surface area contributed by atoms with Gasteiger partial charge in [0.05, 0.1) is 0 Å². The number of rotatable bonds is 13. The standard InChI is InChI=1S/C7H14N.3C4H9.Sn/c1-4-7-8(5-2)6-3;3*1-3-4-2;/h4H,5-6H2,1-3H3;3*1,3-4H2,2H3;. The Hall–Kier alpha value is 0.339. The zero-order chi connectivity index (χ0) is 16.1. The maximum absolute atomic E-state index is 2.71. The SMILES string of the molecule is C/C=[C](/N(CC)CC)[Sn]([CH2]CCC)([CH2]CCC)[CH2]CCC. The molecule has 0 rings (SSSR count). The monoisotopic (exact) mass is 403 g/mol. The minimum atomic E-state index is -2.20. The van der Waals surface area contributed by atoms with Crippen molar-refractivity contribution in [2.75, 3.05) is 13.1 Å². The average Bonchev–Trinajstić information content (AvgIpc) is 2.52. The van der Waals surface area contributed by atoms with Crippen molar-refractivity contribution >= 4 is 18.4 Å². The third kappa shape index (κ3) is 6.96. The topological polar surface area (TPSA) is 3.24 Å². The predicted octanol–water partition coefficient (Wildman–Crippen LogP) is 6.62. The van der Waals surface area contributed by atoms with Gasteiger partial charge in [0.2, 0.25) is 0 Å². The van der Waals surface area contributed by atoms with E-state index in [9.17, 15) is 0 Å². The van der Waals surface area contributed by atoms with E-state index in [1.165, 1.54) is 51.6 Å². The molecule has 0 atom stereocenters. The molecular weight excluding hydrogens is 361 g/mol. The first-order chi connectivity index (χ1) is 10.2. The second kappa shape index (κ2) is 12.8. The van der Waals surface area contributed by atoms with E-state index in [4.69, 9.17) is 0 Å². The van der Waals surface area contributed by atoms with Gasteiger partial charge in [0.1, 0.15) is 0 Å². The van der Waals surface area contributed by atoms with Crippen LogP contribution in [-0.4, -0.2) is 36.4 Å². The Morgan fingerprint density at radius 3 is 1.38 bits per heavy atom. The van der Waals surface area contributed by atoms with Gasteiger partial charge in [0.25, 0.3) is 0 Å². The first-order valence-corrected chi connectivity index (χ1v) is 17.0. The summed E-state index contributed by atoms with van der Waals surface area (Å²) in [5, 5.41) is 0. The molecule has 0 fully saturated rings. The van der Waals surface area contributed by atoms with Crippen LogP contribution in [0.1, 0.15) is 80.1 Å². The Morgan fingerprint density at radius 2 is 1.14 bits per heavy atom. The van der Waals surface area contributed by atoms with Crippen LogP contribution in [0.3, 0.4) is 0 Å². The van der Waals surface area contributed by atoms with Gasteiger partial charge in [-0.25, -0.2) is 0 Å². The molecule has 0 aliphatic heterocycles. The number of hydrogen-bond donors (Lipinski definition) is 0. The Bertz CT molecular complexity index is 247. The van der Waals surface area contributed by atoms with Gasteiger partial charge in [-0.15, -0.1) is 0 Å². The van der Waals surface area contributed by atoms with Gasteiger partial charge < -0.3 is 0 Å². The summed E-state index contributed by atoms with van der Waals surface area (Å²) >= 11 is -2.20. The molecule has 0 aliphatic rings. The van der Waals surface area contributed by atoms with Crippen molar-refractivity contribution in [3.63, 3.8) is 0 Å². The van der Waals surface area contributed by atoms with Crippen LogP contribution < -0.4 is 0 Å². The molecule has 2 heteroatoms. The van der Waals surface area contributed by atoms with Crippen LogP contribution in [0.25, 0.3) is 0 Å². The van der Waals surface area contributed by atoms with Crippen molar-refractivity contribution in [1.82, 2.24) is 4.90 Å². The van der Waals surface area contributed by atoms with E-state index in [1.807, 2.05) is 3.71 Å². The molecule has 126 valence electrons. The van der Waals surface area contributed by atoms with Gasteiger partial charge in [0, 0.05) is 0 Å². The maximum atomic E-state index is 2.71. The molecule has 0 radical (unpaired) electrons. The van der Waals surface area contributed by atoms with E-state index in [-0.39, 0.29) is 0 Å². The molecule has 0 bridgehead atoms. The number of unbranched alkanes of at least 4 members (excludes halogenated alkanes) is 3. The summed E-state index contributed by atoms with van der Waals surface area (Å²) < 4.78 is 6.61. The fourth-order valence-electron chi connectivity index (χ4n) is 3.69. The molecule has 0 aromatic carbocycles. The Morgan fingerprint density at radius 1 is 0.762 bits per heavy atom. The number of hydrogen-bond acceptors (Lipinski definition) is 1. The van der Waals surface area contributed by atoms with Crippen LogP contribution in [0.4, 0.5) is 0 Å². The van der Waals surface area contributed by atoms with Crippen molar-refractivity contribution in [3.05, 3.63) is 9.79 Å². The molecule has 0 heterocycles. The first kappa shape index (κ1) is 21.3. The summed E-state index contributed by atoms with van der Waals surface area (Å²) in [5.74, 6) is 0. The number of allylic oxidation sites excluding steroid dienone is 1. The van der Waals surface area contributed by atoms with Gasteiger partial charge in [-0.3, -0.25) is 0 Å². The molecule has 0 saturated heterocycles. The molecule has 0 saturated carbocycles. The normalized spacial score (nSPS) is 12.8. The van der Waals surface area contributed by atoms with Gasteiger partial charge in [-0.1, -0.05) is 0 Å². The van der Waals surface area contributed by atoms with Crippen LogP contribution >= 0.6 is 0 Å². The summed E-state index contributed by atoms with van der Waals surface area (Å²) in [5.41, 5.74) is 0. The van der Waals surface area contributed by atoms with E-state index in [0.29, 0.717) is 0 Å². The fourth-order valence-corrected chi connectivity index (χ4v) is 21.4. The summed E-state index contributed by atoms with van der Waals surface area (Å²) in [6.07, 6.45) is 11.0. The molecule has 0 aliphatic carbocycles. The summed E-state index contributed by atoms with van der Waals surface area (Å²) in [6, 6.07) is 0.